The zero-order valence-corrected chi connectivity index (χ0v) is 62.6. The molecule has 3 heterocycles. The maximum absolute atomic E-state index is 14.9. The van der Waals surface area contributed by atoms with Crippen LogP contribution >= 0.6 is 11.8 Å². The minimum absolute atomic E-state index is 0. The first-order valence-electron chi connectivity index (χ1n) is 34.1. The van der Waals surface area contributed by atoms with E-state index >= 15 is 0 Å². The summed E-state index contributed by atoms with van der Waals surface area (Å²) in [7, 11) is 0. The number of aliphatic carboxylic acids is 2. The molecule has 2 aliphatic heterocycles. The molecule has 15 atom stereocenters. The minimum atomic E-state index is -2.01. The quantitative estimate of drug-likeness (QED) is 0.0317. The van der Waals surface area contributed by atoms with Crippen LogP contribution in [0.1, 0.15) is 150 Å². The number of benzene rings is 1. The Morgan fingerprint density at radius 3 is 1.84 bits per heavy atom. The molecule has 1 saturated heterocycles. The number of hydrogen-bond acceptors (Lipinski definition) is 21. The summed E-state index contributed by atoms with van der Waals surface area (Å²) in [5, 5.41) is 52.5. The van der Waals surface area contributed by atoms with E-state index in [2.05, 4.69) is 73.4 Å². The number of carbonyl (C=O) groups excluding carboxylic acids is 14. The molecule has 0 spiro atoms. The van der Waals surface area contributed by atoms with E-state index in [0.717, 1.165) is 6.42 Å². The van der Waals surface area contributed by atoms with Crippen LogP contribution in [0.25, 0.3) is 0 Å². The maximum atomic E-state index is 14.9. The molecule has 1 aromatic carbocycles. The van der Waals surface area contributed by atoms with Crippen LogP contribution in [0.3, 0.4) is 0 Å². The summed E-state index contributed by atoms with van der Waals surface area (Å²) in [4.78, 5) is 206. The minimum Gasteiger partial charge on any atom is -0.550 e. The molecule has 2 aromatic rings. The second kappa shape index (κ2) is 44.1. The third kappa shape index (κ3) is 29.2. The number of hydrogen-bond donors (Lipinski definition) is 15. The average molecular weight is 1490 g/mol. The molecule has 12 amide bonds. The molecule has 1 aromatic heterocycles. The molecule has 4 rings (SSSR count). The molecule has 0 radical (unpaired) electrons. The molecule has 0 aliphatic carbocycles. The molecule has 33 nitrogen and oxygen atoms in total. The van der Waals surface area contributed by atoms with Crippen LogP contribution in [0.4, 0.5) is 0 Å². The summed E-state index contributed by atoms with van der Waals surface area (Å²) in [5.74, 6) is -16.4. The van der Waals surface area contributed by atoms with Crippen molar-refractivity contribution in [1.29, 1.82) is 0 Å². The Labute approximate surface area is 605 Å². The van der Waals surface area contributed by atoms with Gasteiger partial charge >= 0.3 is 19.5 Å². The number of aromatic amines is 1. The van der Waals surface area contributed by atoms with E-state index in [1.165, 1.54) is 24.3 Å². The zero-order chi connectivity index (χ0) is 74.3. The maximum Gasteiger partial charge on any atom is 2.00 e. The second-order valence-electron chi connectivity index (χ2n) is 25.9. The van der Waals surface area contributed by atoms with Crippen LogP contribution in [-0.2, 0) is 99.4 Å². The van der Waals surface area contributed by atoms with Crippen molar-refractivity contribution in [3.8, 4) is 0 Å². The largest absolute Gasteiger partial charge is 2.00 e. The number of thioether (sulfide) groups is 1. The predicted molar refractivity (Wildman–Crippen MR) is 364 cm³/mol. The third-order valence-corrected chi connectivity index (χ3v) is 18.7. The van der Waals surface area contributed by atoms with Gasteiger partial charge in [0.15, 0.2) is 0 Å². The van der Waals surface area contributed by atoms with Crippen molar-refractivity contribution in [2.24, 2.45) is 45.9 Å². The third-order valence-electron chi connectivity index (χ3n) is 17.5. The monoisotopic (exact) mass is 1480 g/mol. The van der Waals surface area contributed by atoms with Gasteiger partial charge in [-0.3, -0.25) is 62.5 Å². The summed E-state index contributed by atoms with van der Waals surface area (Å²) in [6.07, 6.45) is -0.0657. The van der Waals surface area contributed by atoms with Crippen LogP contribution in [-0.4, -0.2) is 189 Å². The van der Waals surface area contributed by atoms with Crippen LogP contribution in [0.2, 0.25) is 0 Å². The Bertz CT molecular complexity index is 3170. The summed E-state index contributed by atoms with van der Waals surface area (Å²) in [6.45, 7) is 14.1. The molecular weight excluding hydrogens is 1380 g/mol. The second-order valence-corrected chi connectivity index (χ2v) is 27.1. The topological polar surface area (TPSA) is 537 Å². The van der Waals surface area contributed by atoms with Crippen molar-refractivity contribution in [2.45, 2.75) is 223 Å². The SMILES string of the molecule is CCC(C)[C@H](N)C1=NCC(C(=O)N[C@@H](CC(C)C)C(=O)N[C@H](CCC(=O)[O-])C(=O)N[C@H](C(=O)N[C@H]2CCCCNC(=O)[C@H](CC(N)=O)NC(=O)[C@@H](CC(=O)[O-])NC(=O)[C@H](Cc3cnc[nH]3)NC(=O)[C@@H](Cc3ccccc3)NC(=O)[C@H](C(C)CC)NC(=O)[C@@H](CCCN)NC2=O)C(C)CC)S1.[Zn+2]. The fourth-order valence-electron chi connectivity index (χ4n) is 10.8. The first kappa shape index (κ1) is 86.8. The number of aromatic nitrogens is 2. The predicted octanol–water partition coefficient (Wildman–Crippen LogP) is -4.35. The molecule has 0 bridgehead atoms. The van der Waals surface area contributed by atoms with E-state index in [1.807, 2.05) is 13.8 Å². The molecule has 2 aliphatic rings. The number of rotatable bonds is 31. The van der Waals surface area contributed by atoms with Crippen LogP contribution in [0.15, 0.2) is 47.8 Å². The molecule has 35 heteroatoms. The van der Waals surface area contributed by atoms with Gasteiger partial charge < -0.3 is 100 Å². The van der Waals surface area contributed by atoms with Crippen molar-refractivity contribution in [2.75, 3.05) is 19.6 Å². The normalized spacial score (nSPS) is 22.9. The number of carboxylic acids is 2. The van der Waals surface area contributed by atoms with Crippen molar-refractivity contribution >= 4 is 99.6 Å². The first-order valence-corrected chi connectivity index (χ1v) is 34.9. The van der Waals surface area contributed by atoms with Crippen LogP contribution in [0, 0.1) is 23.7 Å². The van der Waals surface area contributed by atoms with Gasteiger partial charge in [-0.2, -0.15) is 0 Å². The Hall–Kier alpha value is -8.43. The van der Waals surface area contributed by atoms with E-state index in [1.54, 1.807) is 71.9 Å². The van der Waals surface area contributed by atoms with Crippen LogP contribution < -0.4 is 85.9 Å². The van der Waals surface area contributed by atoms with Gasteiger partial charge in [-0.25, -0.2) is 4.98 Å². The molecule has 0 saturated carbocycles. The van der Waals surface area contributed by atoms with Gasteiger partial charge in [-0.1, -0.05) is 117 Å². The van der Waals surface area contributed by atoms with Crippen molar-refractivity contribution < 1.29 is 96.8 Å². The van der Waals surface area contributed by atoms with Gasteiger partial charge in [-0.15, -0.1) is 0 Å². The van der Waals surface area contributed by atoms with Gasteiger partial charge in [0, 0.05) is 49.6 Å². The molecule has 4 unspecified atom stereocenters. The average Bonchev–Trinajstić information content (AvgIpc) is 1.78. The van der Waals surface area contributed by atoms with E-state index in [9.17, 15) is 77.3 Å². The molecule has 1 fully saturated rings. The number of carbonyl (C=O) groups is 14. The number of primary amides is 1. The fourth-order valence-corrected chi connectivity index (χ4v) is 12.0. The standard InChI is InChI=1S/C66H103N17O16S.Zn/c1-9-35(6)52(69)66-72-32-48(100-66)63(97)80-43(26-34(4)5)59(93)75-42(22-23-50(85)86)58(92)83-53(36(7)10-2)64(98)76-40-20-15-16-25-71-55(89)46(29-49(68)84)78-62(96)47(30-51(87)88)79-61(95)45(28-39-31-70-33-73-39)77-60(94)44(27-38-18-13-12-14-19-38)81-65(99)54(37(8)11-3)82-57(91)41(21-17-24-67)74-56(40)90;/h12-14,18-19,31,33-37,40-48,52-54H,9-11,15-17,20-30,32,67,69H2,1-8H3,(H2,68,84)(H,70,73)(H,71,89)(H,74,90)(H,75,93)(H,76,98)(H,77,94)(H,78,96)(H,79,95)(H,80,97)(H,81,99)(H,82,91)(H,83,92)(H,85,86)(H,87,88);/q;+2/p-2/t35?,36?,37?,40-,41+,42+,43-,44+,45-,46-,47+,48?,52-,53-,54-;/m0./s1. The fraction of sp³-hybridized carbons (Fsp3) is 0.636. The summed E-state index contributed by atoms with van der Waals surface area (Å²) in [6, 6.07) is -7.73. The number of aliphatic imine (C=N–C) groups is 1. The first-order chi connectivity index (χ1) is 47.4. The number of carboxylic acid groups (broad SMARTS) is 2. The number of nitrogens with one attached hydrogen (secondary N) is 12. The Morgan fingerprint density at radius 1 is 0.663 bits per heavy atom. The number of imidazole rings is 1. The summed E-state index contributed by atoms with van der Waals surface area (Å²) < 4.78 is 0. The number of H-pyrrole nitrogens is 1. The van der Waals surface area contributed by atoms with Gasteiger partial charge in [0.1, 0.15) is 65.7 Å². The van der Waals surface area contributed by atoms with Gasteiger partial charge in [-0.05, 0) is 87.1 Å². The summed E-state index contributed by atoms with van der Waals surface area (Å²) >= 11 is 1.19. The van der Waals surface area contributed by atoms with E-state index in [0.29, 0.717) is 10.6 Å². The molecular formula is C66H101N17O16SZn. The van der Waals surface area contributed by atoms with Crippen molar-refractivity contribution in [1.82, 2.24) is 68.5 Å². The van der Waals surface area contributed by atoms with E-state index in [-0.39, 0.29) is 121 Å². The molecule has 18 N–H and O–H groups in total. The smallest absolute Gasteiger partial charge is 0.550 e. The van der Waals surface area contributed by atoms with E-state index in [4.69, 9.17) is 17.2 Å². The van der Waals surface area contributed by atoms with Gasteiger partial charge in [0.2, 0.25) is 70.9 Å². The Kier molecular flexibility index (Phi) is 37.9. The number of amides is 12. The van der Waals surface area contributed by atoms with Gasteiger partial charge in [0.05, 0.1) is 30.4 Å². The number of nitrogens with two attached hydrogens (primary N) is 3. The van der Waals surface area contributed by atoms with Crippen molar-refractivity contribution in [3.63, 3.8) is 0 Å². The van der Waals surface area contributed by atoms with Crippen LogP contribution in [0.5, 0.6) is 0 Å². The number of nitrogens with zero attached hydrogens (tertiary/aromatic N) is 2. The zero-order valence-electron chi connectivity index (χ0n) is 58.8. The van der Waals surface area contributed by atoms with Gasteiger partial charge in [0.25, 0.3) is 0 Å². The van der Waals surface area contributed by atoms with E-state index < -0.39 is 192 Å². The molecule has 101 heavy (non-hydrogen) atoms. The Morgan fingerprint density at radius 2 is 1.26 bits per heavy atom. The summed E-state index contributed by atoms with van der Waals surface area (Å²) in [5.41, 5.74) is 18.7. The molecule has 554 valence electrons. The van der Waals surface area contributed by atoms with Crippen molar-refractivity contribution in [3.05, 3.63) is 54.1 Å². The Balaban J connectivity index is 0.0000265.